The van der Waals surface area contributed by atoms with Gasteiger partial charge in [-0.3, -0.25) is 19.3 Å². The maximum Gasteiger partial charge on any atom is 0.294 e. The normalized spacial score (nSPS) is 14.7. The van der Waals surface area contributed by atoms with Crippen molar-refractivity contribution in [3.63, 3.8) is 0 Å². The molecule has 0 atom stereocenters. The summed E-state index contributed by atoms with van der Waals surface area (Å²) in [6.07, 6.45) is 3.72. The maximum absolute atomic E-state index is 13.0. The van der Waals surface area contributed by atoms with Crippen LogP contribution in [0.15, 0.2) is 83.9 Å². The molecule has 1 saturated heterocycles. The van der Waals surface area contributed by atoms with Crippen molar-refractivity contribution in [2.75, 3.05) is 11.9 Å². The Kier molecular flexibility index (Phi) is 6.67. The number of hydrogen-bond acceptors (Lipinski definition) is 4. The van der Waals surface area contributed by atoms with Gasteiger partial charge in [-0.1, -0.05) is 71.8 Å². The fourth-order valence-electron chi connectivity index (χ4n) is 4.08. The number of halogens is 1. The van der Waals surface area contributed by atoms with Crippen LogP contribution in [-0.2, 0) is 16.1 Å². The molecule has 0 saturated carbocycles. The van der Waals surface area contributed by atoms with E-state index in [4.69, 9.17) is 11.6 Å². The van der Waals surface area contributed by atoms with Crippen LogP contribution < -0.4 is 5.32 Å². The second-order valence-electron chi connectivity index (χ2n) is 8.51. The zero-order chi connectivity index (χ0) is 25.2. The zero-order valence-corrected chi connectivity index (χ0v) is 21.0. The molecule has 1 fully saturated rings. The van der Waals surface area contributed by atoms with Gasteiger partial charge in [0.05, 0.1) is 15.6 Å². The van der Waals surface area contributed by atoms with Crippen molar-refractivity contribution >= 4 is 63.1 Å². The van der Waals surface area contributed by atoms with Crippen LogP contribution in [0.4, 0.5) is 10.5 Å². The van der Waals surface area contributed by atoms with Gasteiger partial charge in [0, 0.05) is 29.2 Å². The molecule has 180 valence electrons. The number of para-hydroxylation sites is 2. The lowest BCUT2D eigenvalue weighted by molar-refractivity contribution is -0.127. The Hall–Kier alpha value is -3.81. The number of thioether (sulfide) groups is 1. The first-order valence-electron chi connectivity index (χ1n) is 11.3. The summed E-state index contributed by atoms with van der Waals surface area (Å²) in [4.78, 5) is 39.4. The van der Waals surface area contributed by atoms with Crippen LogP contribution in [0.25, 0.3) is 17.0 Å². The first-order chi connectivity index (χ1) is 17.4. The second kappa shape index (κ2) is 10.0. The van der Waals surface area contributed by atoms with Gasteiger partial charge in [0.15, 0.2) is 0 Å². The average molecular weight is 516 g/mol. The van der Waals surface area contributed by atoms with Gasteiger partial charge in [0.1, 0.15) is 6.54 Å². The van der Waals surface area contributed by atoms with Crippen molar-refractivity contribution < 1.29 is 14.4 Å². The predicted molar refractivity (Wildman–Crippen MR) is 145 cm³/mol. The fraction of sp³-hybridized carbons (Fsp3) is 0.107. The summed E-state index contributed by atoms with van der Waals surface area (Å²) in [5.74, 6) is -0.990. The lowest BCUT2D eigenvalue weighted by Gasteiger charge is -2.13. The van der Waals surface area contributed by atoms with Crippen LogP contribution in [-0.4, -0.2) is 33.1 Å². The van der Waals surface area contributed by atoms with Gasteiger partial charge in [-0.05, 0) is 48.5 Å². The quantitative estimate of drug-likeness (QED) is 0.305. The maximum atomic E-state index is 13.0. The molecule has 1 N–H and O–H groups in total. The molecule has 6 nitrogen and oxygen atoms in total. The van der Waals surface area contributed by atoms with Crippen molar-refractivity contribution in [3.05, 3.63) is 106 Å². The van der Waals surface area contributed by atoms with E-state index >= 15 is 0 Å². The molecular weight excluding hydrogens is 494 g/mol. The van der Waals surface area contributed by atoms with Crippen molar-refractivity contribution in [3.8, 4) is 0 Å². The number of rotatable bonds is 6. The third-order valence-corrected chi connectivity index (χ3v) is 7.14. The van der Waals surface area contributed by atoms with E-state index in [1.54, 1.807) is 30.3 Å². The molecule has 2 heterocycles. The monoisotopic (exact) mass is 515 g/mol. The molecule has 3 amide bonds. The molecule has 0 unspecified atom stereocenters. The van der Waals surface area contributed by atoms with Gasteiger partial charge in [0.25, 0.3) is 11.1 Å². The standard InChI is InChI=1S/C28H22ClN3O3S/c1-18-10-12-19(13-11-18)15-31-16-20(21-6-2-5-9-24(21)31)14-25-27(34)32(28(35)36-25)17-26(33)30-23-8-4-3-7-22(23)29/h2-14,16H,15,17H2,1H3,(H,30,33)/b25-14+. The van der Waals surface area contributed by atoms with Gasteiger partial charge in [-0.25, -0.2) is 0 Å². The molecule has 0 aliphatic carbocycles. The van der Waals surface area contributed by atoms with Crippen LogP contribution in [0.1, 0.15) is 16.7 Å². The van der Waals surface area contributed by atoms with Crippen LogP contribution in [0.2, 0.25) is 5.02 Å². The summed E-state index contributed by atoms with van der Waals surface area (Å²) >= 11 is 6.92. The summed E-state index contributed by atoms with van der Waals surface area (Å²) in [6, 6.07) is 23.1. The number of imide groups is 1. The lowest BCUT2D eigenvalue weighted by Crippen LogP contribution is -2.36. The number of benzene rings is 3. The molecule has 1 aromatic heterocycles. The minimum atomic E-state index is -0.499. The highest BCUT2D eigenvalue weighted by Gasteiger charge is 2.36. The van der Waals surface area contributed by atoms with E-state index < -0.39 is 17.1 Å². The van der Waals surface area contributed by atoms with Gasteiger partial charge in [-0.15, -0.1) is 0 Å². The highest BCUT2D eigenvalue weighted by Crippen LogP contribution is 2.34. The number of fused-ring (bicyclic) bond motifs is 1. The van der Waals surface area contributed by atoms with Gasteiger partial charge < -0.3 is 9.88 Å². The highest BCUT2D eigenvalue weighted by atomic mass is 35.5. The lowest BCUT2D eigenvalue weighted by atomic mass is 10.1. The Balaban J connectivity index is 1.38. The minimum Gasteiger partial charge on any atom is -0.342 e. The van der Waals surface area contributed by atoms with Crippen LogP contribution in [0.5, 0.6) is 0 Å². The first kappa shape index (κ1) is 23.9. The Morgan fingerprint density at radius 1 is 1.00 bits per heavy atom. The molecule has 0 radical (unpaired) electrons. The Morgan fingerprint density at radius 3 is 2.50 bits per heavy atom. The largest absolute Gasteiger partial charge is 0.342 e. The summed E-state index contributed by atoms with van der Waals surface area (Å²) < 4.78 is 2.13. The summed E-state index contributed by atoms with van der Waals surface area (Å²) in [5, 5.41) is 3.52. The number of aryl methyl sites for hydroxylation is 1. The number of carbonyl (C=O) groups is 3. The van der Waals surface area contributed by atoms with Crippen molar-refractivity contribution in [1.29, 1.82) is 0 Å². The molecule has 36 heavy (non-hydrogen) atoms. The SMILES string of the molecule is Cc1ccc(Cn2cc(/C=C3/SC(=O)N(CC(=O)Nc4ccccc4Cl)C3=O)c3ccccc32)cc1. The molecular formula is C28H22ClN3O3S. The van der Waals surface area contributed by atoms with E-state index in [-0.39, 0.29) is 11.4 Å². The molecule has 8 heteroatoms. The van der Waals surface area contributed by atoms with E-state index in [9.17, 15) is 14.4 Å². The number of nitrogens with zero attached hydrogens (tertiary/aromatic N) is 2. The van der Waals surface area contributed by atoms with Crippen molar-refractivity contribution in [2.45, 2.75) is 13.5 Å². The third kappa shape index (κ3) is 4.94. The van der Waals surface area contributed by atoms with Crippen molar-refractivity contribution in [1.82, 2.24) is 9.47 Å². The molecule has 0 bridgehead atoms. The molecule has 1 aliphatic rings. The van der Waals surface area contributed by atoms with Crippen LogP contribution >= 0.6 is 23.4 Å². The van der Waals surface area contributed by atoms with Crippen molar-refractivity contribution in [2.24, 2.45) is 0 Å². The second-order valence-corrected chi connectivity index (χ2v) is 9.91. The Bertz CT molecular complexity index is 1520. The summed E-state index contributed by atoms with van der Waals surface area (Å²) in [7, 11) is 0. The number of amides is 3. The van der Waals surface area contributed by atoms with E-state index in [0.717, 1.165) is 38.7 Å². The number of anilines is 1. The van der Waals surface area contributed by atoms with E-state index in [1.807, 2.05) is 30.5 Å². The summed E-state index contributed by atoms with van der Waals surface area (Å²) in [5.41, 5.74) is 4.66. The number of nitrogens with one attached hydrogen (secondary N) is 1. The van der Waals surface area contributed by atoms with Gasteiger partial charge in [0.2, 0.25) is 5.91 Å². The molecule has 5 rings (SSSR count). The highest BCUT2D eigenvalue weighted by molar-refractivity contribution is 8.18. The molecule has 0 spiro atoms. The first-order valence-corrected chi connectivity index (χ1v) is 12.5. The summed E-state index contributed by atoms with van der Waals surface area (Å²) in [6.45, 7) is 2.35. The van der Waals surface area contributed by atoms with Gasteiger partial charge in [-0.2, -0.15) is 0 Å². The number of hydrogen-bond donors (Lipinski definition) is 1. The topological polar surface area (TPSA) is 71.4 Å². The number of aromatic nitrogens is 1. The van der Waals surface area contributed by atoms with Crippen LogP contribution in [0.3, 0.4) is 0 Å². The van der Waals surface area contributed by atoms with E-state index in [1.165, 1.54) is 5.56 Å². The third-order valence-electron chi connectivity index (χ3n) is 5.90. The minimum absolute atomic E-state index is 0.281. The smallest absolute Gasteiger partial charge is 0.294 e. The Labute approximate surface area is 217 Å². The Morgan fingerprint density at radius 2 is 1.72 bits per heavy atom. The molecule has 1 aliphatic heterocycles. The predicted octanol–water partition coefficient (Wildman–Crippen LogP) is 6.33. The van der Waals surface area contributed by atoms with E-state index in [2.05, 4.69) is 41.1 Å². The zero-order valence-electron chi connectivity index (χ0n) is 19.4. The van der Waals surface area contributed by atoms with Crippen LogP contribution in [0, 0.1) is 6.92 Å². The fourth-order valence-corrected chi connectivity index (χ4v) is 5.10. The molecule has 3 aromatic carbocycles. The number of carbonyl (C=O) groups excluding carboxylic acids is 3. The average Bonchev–Trinajstić information content (AvgIpc) is 3.34. The van der Waals surface area contributed by atoms with Gasteiger partial charge >= 0.3 is 0 Å². The molecule has 4 aromatic rings. The van der Waals surface area contributed by atoms with E-state index in [0.29, 0.717) is 17.3 Å².